The molecule has 12 atom stereocenters. The summed E-state index contributed by atoms with van der Waals surface area (Å²) in [4.78, 5) is 10.8. The molecule has 8 bridgehead atoms. The third-order valence-electron chi connectivity index (χ3n) is 12.1. The van der Waals surface area contributed by atoms with Crippen molar-refractivity contribution in [3.05, 3.63) is 85.6 Å². The van der Waals surface area contributed by atoms with Gasteiger partial charge in [-0.15, -0.1) is 0 Å². The first-order valence-electron chi connectivity index (χ1n) is 17.9. The van der Waals surface area contributed by atoms with Gasteiger partial charge in [0.25, 0.3) is 0 Å². The predicted molar refractivity (Wildman–Crippen MR) is 184 cm³/mol. The van der Waals surface area contributed by atoms with Crippen molar-refractivity contribution in [3.8, 4) is 0 Å². The molecule has 0 aromatic rings. The van der Waals surface area contributed by atoms with Gasteiger partial charge in [-0.1, -0.05) is 68.3 Å². The molecule has 0 saturated heterocycles. The number of Topliss-reactive ketones (excluding diaryl/α,β-unsaturated/α-hetero) is 1. The molecule has 8 aliphatic rings. The molecule has 45 heavy (non-hydrogen) atoms. The smallest absolute Gasteiger partial charge is 0.129 e. The van der Waals surface area contributed by atoms with Crippen molar-refractivity contribution in [1.29, 1.82) is 0 Å². The fraction of sp³-hybridized carbons (Fsp3) is 0.634. The lowest BCUT2D eigenvalue weighted by Gasteiger charge is -2.16. The van der Waals surface area contributed by atoms with Crippen LogP contribution in [0.4, 0.5) is 0 Å². The van der Waals surface area contributed by atoms with Crippen LogP contribution in [0.15, 0.2) is 85.6 Å². The van der Waals surface area contributed by atoms with Crippen LogP contribution in [-0.4, -0.2) is 21.1 Å². The average molecular weight is 615 g/mol. The zero-order valence-electron chi connectivity index (χ0n) is 27.6. The largest absolute Gasteiger partial charge is 0.513 e. The van der Waals surface area contributed by atoms with E-state index in [0.29, 0.717) is 40.8 Å². The van der Waals surface area contributed by atoms with Gasteiger partial charge < -0.3 is 20.1 Å². The van der Waals surface area contributed by atoms with E-state index in [-0.39, 0.29) is 0 Å². The summed E-state index contributed by atoms with van der Waals surface area (Å²) in [6.07, 6.45) is 33.6. The quantitative estimate of drug-likeness (QED) is 0.178. The first-order valence-corrected chi connectivity index (χ1v) is 17.9. The summed E-state index contributed by atoms with van der Waals surface area (Å²) < 4.78 is 0. The average Bonchev–Trinajstić information content (AvgIpc) is 3.85. The third kappa shape index (κ3) is 9.17. The Kier molecular flexibility index (Phi) is 11.4. The molecular formula is C41H58O4. The normalized spacial score (nSPS) is 39.2. The molecule has 4 nitrogen and oxygen atoms in total. The molecule has 12 unspecified atom stereocenters. The van der Waals surface area contributed by atoms with Gasteiger partial charge in [-0.2, -0.15) is 0 Å². The molecule has 4 heteroatoms. The van der Waals surface area contributed by atoms with Crippen molar-refractivity contribution in [1.82, 2.24) is 0 Å². The van der Waals surface area contributed by atoms with Crippen molar-refractivity contribution in [2.45, 2.75) is 90.4 Å². The Morgan fingerprint density at radius 1 is 0.556 bits per heavy atom. The lowest BCUT2D eigenvalue weighted by Crippen LogP contribution is -2.08. The van der Waals surface area contributed by atoms with Gasteiger partial charge in [0.05, 0.1) is 17.3 Å². The van der Waals surface area contributed by atoms with E-state index in [0.717, 1.165) is 91.8 Å². The van der Waals surface area contributed by atoms with Gasteiger partial charge in [-0.3, -0.25) is 0 Å². The van der Waals surface area contributed by atoms with E-state index in [4.69, 9.17) is 15.3 Å². The molecule has 8 aliphatic carbocycles. The number of ketones is 1. The second-order valence-electron chi connectivity index (χ2n) is 15.6. The fourth-order valence-corrected chi connectivity index (χ4v) is 9.79. The number of carbonyl (C=O) groups excluding carboxylic acids is 1. The molecule has 0 aromatic carbocycles. The number of rotatable bonds is 9. The number of aliphatic hydroxyl groups excluding tert-OH is 3. The Bertz CT molecular complexity index is 1160. The number of carbonyl (C=O) groups is 1. The number of fused-ring (bicyclic) bond motifs is 8. The van der Waals surface area contributed by atoms with Gasteiger partial charge in [0.1, 0.15) is 5.78 Å². The zero-order chi connectivity index (χ0) is 32.1. The molecular weight excluding hydrogens is 556 g/mol. The molecule has 0 aliphatic heterocycles. The maximum Gasteiger partial charge on any atom is 0.129 e. The van der Waals surface area contributed by atoms with Crippen molar-refractivity contribution < 1.29 is 20.1 Å². The summed E-state index contributed by atoms with van der Waals surface area (Å²) in [6, 6.07) is 0. The summed E-state index contributed by atoms with van der Waals surface area (Å²) in [5.74, 6) is 10.4. The monoisotopic (exact) mass is 614 g/mol. The van der Waals surface area contributed by atoms with Crippen molar-refractivity contribution in [3.63, 3.8) is 0 Å². The molecule has 0 amide bonds. The van der Waals surface area contributed by atoms with Gasteiger partial charge in [-0.25, -0.2) is 0 Å². The topological polar surface area (TPSA) is 77.8 Å². The highest BCUT2D eigenvalue weighted by atomic mass is 16.3. The van der Waals surface area contributed by atoms with Gasteiger partial charge in [0.2, 0.25) is 0 Å². The van der Waals surface area contributed by atoms with Crippen LogP contribution in [0.1, 0.15) is 90.4 Å². The number of hydrogen-bond donors (Lipinski definition) is 3. The SMILES string of the molecule is C=C(O)C1CC2C=CC1C2.C=C(O)CC1CC2C=CC1C2.C=C(O)CCC1CC2C=CC1C2.CC(=O)CCC1CC2C=CC1C2. The highest BCUT2D eigenvalue weighted by molar-refractivity contribution is 5.75. The lowest BCUT2D eigenvalue weighted by molar-refractivity contribution is -0.117. The van der Waals surface area contributed by atoms with Crippen molar-refractivity contribution in [2.24, 2.45) is 71.0 Å². The number of allylic oxidation sites excluding steroid dienone is 11. The van der Waals surface area contributed by atoms with Gasteiger partial charge in [0.15, 0.2) is 0 Å². The summed E-state index contributed by atoms with van der Waals surface area (Å²) in [5, 5.41) is 27.1. The van der Waals surface area contributed by atoms with Gasteiger partial charge in [-0.05, 0) is 136 Å². The third-order valence-corrected chi connectivity index (χ3v) is 12.1. The number of aliphatic hydroxyl groups is 3. The minimum absolute atomic E-state index is 0.349. The molecule has 0 aromatic heterocycles. The van der Waals surface area contributed by atoms with E-state index in [1.54, 1.807) is 6.92 Å². The molecule has 8 rings (SSSR count). The Labute approximate surface area is 272 Å². The van der Waals surface area contributed by atoms with Gasteiger partial charge >= 0.3 is 0 Å². The summed E-state index contributed by atoms with van der Waals surface area (Å²) in [6.45, 7) is 12.3. The van der Waals surface area contributed by atoms with Crippen molar-refractivity contribution >= 4 is 5.78 Å². The maximum atomic E-state index is 10.8. The Morgan fingerprint density at radius 3 is 1.27 bits per heavy atom. The Balaban J connectivity index is 0.000000119. The maximum absolute atomic E-state index is 10.8. The standard InChI is InChI=1S/2C11H16O.C10H14O.C9H12O/c2*1-8(12)2-4-10-6-9-3-5-11(10)7-9;1-7(11)4-10-6-8-2-3-9(10)5-8;1-6(10)9-5-7-2-3-8(9)4-7/h3,5,9-11H,2,4,6-7H2,1H3;3,5,9-12H,1-2,4,6-7H2;2-3,8-11H,1,4-6H2;2-3,7-10H,1,4-5H2. The molecule has 4 saturated carbocycles. The fourth-order valence-electron chi connectivity index (χ4n) is 9.79. The first-order chi connectivity index (χ1) is 21.5. The van der Waals surface area contributed by atoms with Crippen LogP contribution in [0.3, 0.4) is 0 Å². The van der Waals surface area contributed by atoms with Crippen LogP contribution in [0.2, 0.25) is 0 Å². The van der Waals surface area contributed by atoms with E-state index in [2.05, 4.69) is 68.3 Å². The molecule has 246 valence electrons. The molecule has 3 N–H and O–H groups in total. The van der Waals surface area contributed by atoms with E-state index < -0.39 is 0 Å². The van der Waals surface area contributed by atoms with Crippen LogP contribution in [0, 0.1) is 71.0 Å². The molecule has 0 spiro atoms. The van der Waals surface area contributed by atoms with E-state index in [9.17, 15) is 4.79 Å². The summed E-state index contributed by atoms with van der Waals surface area (Å²) in [7, 11) is 0. The second kappa shape index (κ2) is 15.2. The Hall–Kier alpha value is -2.75. The van der Waals surface area contributed by atoms with E-state index in [1.807, 2.05) is 0 Å². The van der Waals surface area contributed by atoms with Gasteiger partial charge in [0, 0.05) is 25.2 Å². The van der Waals surface area contributed by atoms with Crippen LogP contribution in [-0.2, 0) is 4.79 Å². The summed E-state index contributed by atoms with van der Waals surface area (Å²) >= 11 is 0. The van der Waals surface area contributed by atoms with Crippen molar-refractivity contribution in [2.75, 3.05) is 0 Å². The number of hydrogen-bond acceptors (Lipinski definition) is 4. The summed E-state index contributed by atoms with van der Waals surface area (Å²) in [5.41, 5.74) is 0. The highest BCUT2D eigenvalue weighted by Gasteiger charge is 2.38. The van der Waals surface area contributed by atoms with Crippen LogP contribution >= 0.6 is 0 Å². The zero-order valence-corrected chi connectivity index (χ0v) is 27.6. The second-order valence-corrected chi connectivity index (χ2v) is 15.6. The van der Waals surface area contributed by atoms with Crippen LogP contribution in [0.5, 0.6) is 0 Å². The minimum Gasteiger partial charge on any atom is -0.513 e. The minimum atomic E-state index is 0.349. The molecule has 4 fully saturated rings. The predicted octanol–water partition coefficient (Wildman–Crippen LogP) is 10.5. The van der Waals surface area contributed by atoms with Crippen LogP contribution < -0.4 is 0 Å². The first kappa shape index (κ1) is 33.6. The molecule has 0 radical (unpaired) electrons. The van der Waals surface area contributed by atoms with Crippen LogP contribution in [0.25, 0.3) is 0 Å². The lowest BCUT2D eigenvalue weighted by atomic mass is 9.89. The van der Waals surface area contributed by atoms with E-state index >= 15 is 0 Å². The Morgan fingerprint density at radius 2 is 0.978 bits per heavy atom. The molecule has 0 heterocycles. The van der Waals surface area contributed by atoms with E-state index in [1.165, 1.54) is 44.9 Å². The highest BCUT2D eigenvalue weighted by Crippen LogP contribution is 2.48.